The van der Waals surface area contributed by atoms with Crippen molar-refractivity contribution >= 4 is 11.3 Å². The van der Waals surface area contributed by atoms with E-state index in [0.717, 1.165) is 29.0 Å². The average molecular weight is 267 g/mol. The molecule has 3 heteroatoms. The minimum absolute atomic E-state index is 0.195. The van der Waals surface area contributed by atoms with E-state index in [1.165, 1.54) is 25.7 Å². The van der Waals surface area contributed by atoms with Crippen molar-refractivity contribution in [2.24, 2.45) is 17.8 Å². The molecule has 1 N–H and O–H groups in total. The van der Waals surface area contributed by atoms with Crippen LogP contribution >= 0.6 is 11.3 Å². The first-order valence-electron chi connectivity index (χ1n) is 7.15. The number of aliphatic hydroxyl groups excluding tert-OH is 1. The zero-order valence-electron chi connectivity index (χ0n) is 11.7. The van der Waals surface area contributed by atoms with E-state index < -0.39 is 0 Å². The fourth-order valence-corrected chi connectivity index (χ4v) is 3.70. The molecule has 1 atom stereocenters. The topological polar surface area (TPSA) is 33.1 Å². The molecule has 1 heterocycles. The van der Waals surface area contributed by atoms with Crippen LogP contribution in [0.5, 0.6) is 0 Å². The van der Waals surface area contributed by atoms with Gasteiger partial charge in [-0.05, 0) is 50.4 Å². The van der Waals surface area contributed by atoms with Gasteiger partial charge < -0.3 is 5.11 Å². The highest BCUT2D eigenvalue weighted by atomic mass is 32.1. The number of hydrogen-bond acceptors (Lipinski definition) is 3. The van der Waals surface area contributed by atoms with Crippen LogP contribution in [0.4, 0.5) is 0 Å². The third-order valence-corrected chi connectivity index (χ3v) is 5.21. The van der Waals surface area contributed by atoms with Gasteiger partial charge in [0.2, 0.25) is 0 Å². The summed E-state index contributed by atoms with van der Waals surface area (Å²) in [4.78, 5) is 4.45. The molecule has 1 saturated carbocycles. The minimum Gasteiger partial charge on any atom is -0.392 e. The number of nitrogens with zero attached hydrogens (tertiary/aromatic N) is 1. The molecule has 1 aliphatic carbocycles. The number of thiazole rings is 1. The standard InChI is InChI=1S/C15H25NOS/c1-10(2)12-4-6-13(7-5-12)15(17)8-14-9-18-11(3)16-14/h9-10,12-13,15,17H,4-8H2,1-3H3. The summed E-state index contributed by atoms with van der Waals surface area (Å²) in [7, 11) is 0. The fraction of sp³-hybridized carbons (Fsp3) is 0.800. The molecule has 2 nitrogen and oxygen atoms in total. The molecule has 0 spiro atoms. The normalized spacial score (nSPS) is 26.5. The number of aromatic nitrogens is 1. The van der Waals surface area contributed by atoms with Crippen molar-refractivity contribution < 1.29 is 5.11 Å². The molecule has 0 bridgehead atoms. The van der Waals surface area contributed by atoms with Crippen LogP contribution < -0.4 is 0 Å². The van der Waals surface area contributed by atoms with Gasteiger partial charge in [-0.2, -0.15) is 0 Å². The van der Waals surface area contributed by atoms with Crippen molar-refractivity contribution in [2.45, 2.75) is 59.0 Å². The quantitative estimate of drug-likeness (QED) is 0.899. The van der Waals surface area contributed by atoms with Gasteiger partial charge in [0, 0.05) is 11.8 Å². The van der Waals surface area contributed by atoms with Crippen molar-refractivity contribution in [1.82, 2.24) is 4.98 Å². The monoisotopic (exact) mass is 267 g/mol. The molecule has 18 heavy (non-hydrogen) atoms. The van der Waals surface area contributed by atoms with Gasteiger partial charge in [0.25, 0.3) is 0 Å². The summed E-state index contributed by atoms with van der Waals surface area (Å²) < 4.78 is 0. The van der Waals surface area contributed by atoms with Crippen LogP contribution in [0, 0.1) is 24.7 Å². The highest BCUT2D eigenvalue weighted by Gasteiger charge is 2.28. The molecule has 0 saturated heterocycles. The summed E-state index contributed by atoms with van der Waals surface area (Å²) in [6.07, 6.45) is 5.49. The van der Waals surface area contributed by atoms with Crippen LogP contribution in [-0.2, 0) is 6.42 Å². The van der Waals surface area contributed by atoms with E-state index >= 15 is 0 Å². The number of aryl methyl sites for hydroxylation is 1. The maximum absolute atomic E-state index is 10.3. The van der Waals surface area contributed by atoms with E-state index in [1.807, 2.05) is 6.92 Å². The van der Waals surface area contributed by atoms with Gasteiger partial charge in [-0.3, -0.25) is 0 Å². The summed E-state index contributed by atoms with van der Waals surface area (Å²) in [5, 5.41) is 13.5. The van der Waals surface area contributed by atoms with Crippen molar-refractivity contribution in [3.8, 4) is 0 Å². The number of rotatable bonds is 4. The Hall–Kier alpha value is -0.410. The molecule has 102 valence electrons. The van der Waals surface area contributed by atoms with Crippen LogP contribution in [0.15, 0.2) is 5.38 Å². The Morgan fingerprint density at radius 2 is 1.89 bits per heavy atom. The van der Waals surface area contributed by atoms with E-state index in [4.69, 9.17) is 0 Å². The van der Waals surface area contributed by atoms with Crippen molar-refractivity contribution in [2.75, 3.05) is 0 Å². The molecule has 0 radical (unpaired) electrons. The predicted octanol–water partition coefficient (Wildman–Crippen LogP) is 3.82. The second kappa shape index (κ2) is 6.16. The van der Waals surface area contributed by atoms with E-state index in [-0.39, 0.29) is 6.10 Å². The molecule has 1 aromatic rings. The Labute approximate surface area is 114 Å². The fourth-order valence-electron chi connectivity index (χ4n) is 3.08. The van der Waals surface area contributed by atoms with Crippen LogP contribution in [0.3, 0.4) is 0 Å². The first-order valence-corrected chi connectivity index (χ1v) is 8.03. The van der Waals surface area contributed by atoms with Gasteiger partial charge >= 0.3 is 0 Å². The Morgan fingerprint density at radius 3 is 2.39 bits per heavy atom. The Kier molecular flexibility index (Phi) is 4.79. The van der Waals surface area contributed by atoms with Crippen LogP contribution in [0.1, 0.15) is 50.2 Å². The SMILES string of the molecule is Cc1nc(CC(O)C2CCC(C(C)C)CC2)cs1. The molecule has 1 fully saturated rings. The van der Waals surface area contributed by atoms with E-state index in [1.54, 1.807) is 11.3 Å². The van der Waals surface area contributed by atoms with Gasteiger partial charge in [-0.25, -0.2) is 4.98 Å². The Balaban J connectivity index is 1.82. The van der Waals surface area contributed by atoms with E-state index in [9.17, 15) is 5.11 Å². The van der Waals surface area contributed by atoms with E-state index in [2.05, 4.69) is 24.2 Å². The van der Waals surface area contributed by atoms with E-state index in [0.29, 0.717) is 5.92 Å². The first-order chi connectivity index (χ1) is 8.56. The van der Waals surface area contributed by atoms with Crippen molar-refractivity contribution in [3.05, 3.63) is 16.1 Å². The van der Waals surface area contributed by atoms with Gasteiger partial charge in [0.05, 0.1) is 16.8 Å². The number of hydrogen-bond donors (Lipinski definition) is 1. The third-order valence-electron chi connectivity index (χ3n) is 4.39. The summed E-state index contributed by atoms with van der Waals surface area (Å²) in [6, 6.07) is 0. The maximum atomic E-state index is 10.3. The Bertz CT molecular complexity index is 366. The zero-order valence-corrected chi connectivity index (χ0v) is 12.5. The van der Waals surface area contributed by atoms with Crippen LogP contribution in [0.2, 0.25) is 0 Å². The largest absolute Gasteiger partial charge is 0.392 e. The van der Waals surface area contributed by atoms with Crippen LogP contribution in [-0.4, -0.2) is 16.2 Å². The summed E-state index contributed by atoms with van der Waals surface area (Å²) in [5.41, 5.74) is 1.07. The van der Waals surface area contributed by atoms with Gasteiger partial charge in [-0.1, -0.05) is 13.8 Å². The minimum atomic E-state index is -0.195. The molecular weight excluding hydrogens is 242 g/mol. The molecule has 2 rings (SSSR count). The molecular formula is C15H25NOS. The molecule has 1 aliphatic rings. The average Bonchev–Trinajstić information content (AvgIpc) is 2.75. The first kappa shape index (κ1) is 14.0. The van der Waals surface area contributed by atoms with Gasteiger partial charge in [-0.15, -0.1) is 11.3 Å². The van der Waals surface area contributed by atoms with Gasteiger partial charge in [0.15, 0.2) is 0 Å². The van der Waals surface area contributed by atoms with Crippen molar-refractivity contribution in [3.63, 3.8) is 0 Å². The molecule has 1 unspecified atom stereocenters. The lowest BCUT2D eigenvalue weighted by molar-refractivity contribution is 0.0669. The highest BCUT2D eigenvalue weighted by Crippen LogP contribution is 2.35. The van der Waals surface area contributed by atoms with Crippen molar-refractivity contribution in [1.29, 1.82) is 0 Å². The van der Waals surface area contributed by atoms with Crippen LogP contribution in [0.25, 0.3) is 0 Å². The molecule has 0 aromatic carbocycles. The maximum Gasteiger partial charge on any atom is 0.0897 e. The lowest BCUT2D eigenvalue weighted by Crippen LogP contribution is -2.28. The second-order valence-electron chi connectivity index (χ2n) is 6.05. The third kappa shape index (κ3) is 3.55. The predicted molar refractivity (Wildman–Crippen MR) is 76.8 cm³/mol. The second-order valence-corrected chi connectivity index (χ2v) is 7.11. The summed E-state index contributed by atoms with van der Waals surface area (Å²) >= 11 is 1.68. The zero-order chi connectivity index (χ0) is 13.1. The number of aliphatic hydroxyl groups is 1. The lowest BCUT2D eigenvalue weighted by atomic mass is 9.74. The summed E-state index contributed by atoms with van der Waals surface area (Å²) in [6.45, 7) is 6.66. The lowest BCUT2D eigenvalue weighted by Gasteiger charge is -2.33. The molecule has 0 aliphatic heterocycles. The smallest absolute Gasteiger partial charge is 0.0897 e. The Morgan fingerprint density at radius 1 is 1.28 bits per heavy atom. The molecule has 1 aromatic heterocycles. The molecule has 0 amide bonds. The van der Waals surface area contributed by atoms with Gasteiger partial charge in [0.1, 0.15) is 0 Å². The highest BCUT2D eigenvalue weighted by molar-refractivity contribution is 7.09. The summed E-state index contributed by atoms with van der Waals surface area (Å²) in [5.74, 6) is 2.15.